The SMILES string of the molecule is COC(=O)C(CC(=O)N1CCC2(CCN(C(=O)c3c(F)ccc(C)c3F)CC2)C1)NC(C)=O. The van der Waals surface area contributed by atoms with Crippen molar-refractivity contribution in [3.05, 3.63) is 34.9 Å². The first-order valence-corrected chi connectivity index (χ1v) is 10.9. The lowest BCUT2D eigenvalue weighted by Crippen LogP contribution is -2.46. The van der Waals surface area contributed by atoms with Crippen molar-refractivity contribution < 1.29 is 32.7 Å². The van der Waals surface area contributed by atoms with Gasteiger partial charge < -0.3 is 19.9 Å². The molecule has 3 rings (SSSR count). The summed E-state index contributed by atoms with van der Waals surface area (Å²) in [6.45, 7) is 4.39. The summed E-state index contributed by atoms with van der Waals surface area (Å²) in [7, 11) is 1.19. The van der Waals surface area contributed by atoms with Crippen molar-refractivity contribution in [2.24, 2.45) is 5.41 Å². The monoisotopic (exact) mass is 465 g/mol. The molecule has 0 aromatic heterocycles. The number of carbonyl (C=O) groups is 4. The summed E-state index contributed by atoms with van der Waals surface area (Å²) in [5, 5.41) is 2.44. The first-order chi connectivity index (χ1) is 15.6. The molecule has 1 N–H and O–H groups in total. The van der Waals surface area contributed by atoms with Gasteiger partial charge in [-0.25, -0.2) is 13.6 Å². The minimum Gasteiger partial charge on any atom is -0.467 e. The summed E-state index contributed by atoms with van der Waals surface area (Å²) in [5.41, 5.74) is -0.506. The Labute approximate surface area is 191 Å². The average Bonchev–Trinajstić information content (AvgIpc) is 3.19. The highest BCUT2D eigenvalue weighted by molar-refractivity contribution is 5.95. The number of halogens is 2. The van der Waals surface area contributed by atoms with E-state index in [1.165, 1.54) is 31.9 Å². The van der Waals surface area contributed by atoms with Gasteiger partial charge in [0.05, 0.1) is 13.5 Å². The average molecular weight is 465 g/mol. The van der Waals surface area contributed by atoms with Crippen LogP contribution in [-0.2, 0) is 19.1 Å². The minimum absolute atomic E-state index is 0.190. The molecule has 2 aliphatic rings. The number of piperidine rings is 1. The predicted molar refractivity (Wildman–Crippen MR) is 114 cm³/mol. The van der Waals surface area contributed by atoms with Gasteiger partial charge in [0.1, 0.15) is 23.2 Å². The van der Waals surface area contributed by atoms with Crippen LogP contribution in [0.4, 0.5) is 8.78 Å². The molecule has 0 aliphatic carbocycles. The summed E-state index contributed by atoms with van der Waals surface area (Å²) < 4.78 is 33.2. The maximum atomic E-state index is 14.4. The maximum Gasteiger partial charge on any atom is 0.328 e. The third kappa shape index (κ3) is 5.31. The fraction of sp³-hybridized carbons (Fsp3) is 0.565. The zero-order valence-corrected chi connectivity index (χ0v) is 19.1. The molecule has 8 nitrogen and oxygen atoms in total. The number of carbonyl (C=O) groups excluding carboxylic acids is 4. The van der Waals surface area contributed by atoms with Crippen molar-refractivity contribution in [1.82, 2.24) is 15.1 Å². The molecule has 0 bridgehead atoms. The Morgan fingerprint density at radius 3 is 2.27 bits per heavy atom. The summed E-state index contributed by atoms with van der Waals surface area (Å²) >= 11 is 0. The van der Waals surface area contributed by atoms with Crippen LogP contribution in [0.25, 0.3) is 0 Å². The Balaban J connectivity index is 1.60. The number of rotatable bonds is 5. The fourth-order valence-electron chi connectivity index (χ4n) is 4.64. The molecule has 2 fully saturated rings. The van der Waals surface area contributed by atoms with Gasteiger partial charge in [0.25, 0.3) is 5.91 Å². The van der Waals surface area contributed by atoms with Crippen LogP contribution >= 0.6 is 0 Å². The smallest absolute Gasteiger partial charge is 0.328 e. The van der Waals surface area contributed by atoms with Crippen LogP contribution in [0.3, 0.4) is 0 Å². The highest BCUT2D eigenvalue weighted by Gasteiger charge is 2.43. The van der Waals surface area contributed by atoms with Crippen LogP contribution in [0.15, 0.2) is 12.1 Å². The molecule has 2 heterocycles. The van der Waals surface area contributed by atoms with Crippen molar-refractivity contribution >= 4 is 23.7 Å². The number of amides is 3. The van der Waals surface area contributed by atoms with Gasteiger partial charge in [-0.1, -0.05) is 6.07 Å². The van der Waals surface area contributed by atoms with E-state index in [2.05, 4.69) is 10.1 Å². The van der Waals surface area contributed by atoms with Gasteiger partial charge >= 0.3 is 5.97 Å². The van der Waals surface area contributed by atoms with Crippen LogP contribution in [0.5, 0.6) is 0 Å². The maximum absolute atomic E-state index is 14.4. The second-order valence-corrected chi connectivity index (χ2v) is 8.89. The zero-order chi connectivity index (χ0) is 24.3. The third-order valence-corrected chi connectivity index (χ3v) is 6.64. The molecule has 33 heavy (non-hydrogen) atoms. The Bertz CT molecular complexity index is 960. The lowest BCUT2D eigenvalue weighted by Gasteiger charge is -2.39. The molecule has 180 valence electrons. The normalized spacial score (nSPS) is 18.2. The predicted octanol–water partition coefficient (Wildman–Crippen LogP) is 1.80. The molecule has 1 atom stereocenters. The molecular weight excluding hydrogens is 436 g/mol. The molecule has 10 heteroatoms. The Hall–Kier alpha value is -3.04. The van der Waals surface area contributed by atoms with Crippen molar-refractivity contribution in [2.45, 2.75) is 45.6 Å². The van der Waals surface area contributed by atoms with Crippen LogP contribution in [-0.4, -0.2) is 72.8 Å². The zero-order valence-electron chi connectivity index (χ0n) is 19.1. The standard InChI is InChI=1S/C23H29F2N3O5/c1-14-4-5-16(24)19(20(14)25)21(31)27-9-6-23(7-10-27)8-11-28(13-23)18(30)12-17(22(32)33-3)26-15(2)29/h4-5,17H,6-13H2,1-3H3,(H,26,29). The van der Waals surface area contributed by atoms with Gasteiger partial charge in [-0.05, 0) is 43.2 Å². The van der Waals surface area contributed by atoms with E-state index in [0.717, 1.165) is 12.5 Å². The molecule has 2 aliphatic heterocycles. The van der Waals surface area contributed by atoms with Crippen LogP contribution < -0.4 is 5.32 Å². The first-order valence-electron chi connectivity index (χ1n) is 10.9. The molecule has 0 saturated carbocycles. The van der Waals surface area contributed by atoms with E-state index in [4.69, 9.17) is 0 Å². The fourth-order valence-corrected chi connectivity index (χ4v) is 4.64. The van der Waals surface area contributed by atoms with E-state index in [0.29, 0.717) is 39.0 Å². The minimum atomic E-state index is -1.05. The van der Waals surface area contributed by atoms with Crippen LogP contribution in [0.2, 0.25) is 0 Å². The molecule has 1 spiro atoms. The van der Waals surface area contributed by atoms with E-state index in [9.17, 15) is 28.0 Å². The largest absolute Gasteiger partial charge is 0.467 e. The number of likely N-dealkylation sites (tertiary alicyclic amines) is 2. The number of nitrogens with one attached hydrogen (secondary N) is 1. The van der Waals surface area contributed by atoms with Crippen molar-refractivity contribution in [3.63, 3.8) is 0 Å². The van der Waals surface area contributed by atoms with Crippen molar-refractivity contribution in [2.75, 3.05) is 33.3 Å². The molecule has 1 aromatic carbocycles. The van der Waals surface area contributed by atoms with Gasteiger partial charge in [-0.15, -0.1) is 0 Å². The molecule has 3 amide bonds. The lowest BCUT2D eigenvalue weighted by molar-refractivity contribution is -0.147. The molecule has 2 saturated heterocycles. The Morgan fingerprint density at radius 2 is 1.70 bits per heavy atom. The van der Waals surface area contributed by atoms with E-state index >= 15 is 0 Å². The van der Waals surface area contributed by atoms with Gasteiger partial charge in [0, 0.05) is 33.1 Å². The molecular formula is C23H29F2N3O5. The highest BCUT2D eigenvalue weighted by Crippen LogP contribution is 2.41. The third-order valence-electron chi connectivity index (χ3n) is 6.64. The van der Waals surface area contributed by atoms with E-state index in [1.807, 2.05) is 0 Å². The van der Waals surface area contributed by atoms with Gasteiger partial charge in [-0.2, -0.15) is 0 Å². The van der Waals surface area contributed by atoms with E-state index < -0.39 is 41.0 Å². The van der Waals surface area contributed by atoms with Crippen molar-refractivity contribution in [1.29, 1.82) is 0 Å². The van der Waals surface area contributed by atoms with Crippen LogP contribution in [0, 0.1) is 24.0 Å². The number of esters is 1. The lowest BCUT2D eigenvalue weighted by atomic mass is 9.77. The van der Waals surface area contributed by atoms with Gasteiger partial charge in [-0.3, -0.25) is 14.4 Å². The summed E-state index contributed by atoms with van der Waals surface area (Å²) in [5.74, 6) is -3.76. The molecule has 0 radical (unpaired) electrons. The van der Waals surface area contributed by atoms with Gasteiger partial charge in [0.2, 0.25) is 11.8 Å². The number of methoxy groups -OCH3 is 1. The number of hydrogen-bond acceptors (Lipinski definition) is 5. The number of benzene rings is 1. The number of aryl methyl sites for hydroxylation is 1. The summed E-state index contributed by atoms with van der Waals surface area (Å²) in [6.07, 6.45) is 1.74. The summed E-state index contributed by atoms with van der Waals surface area (Å²) in [6, 6.07) is 1.35. The number of ether oxygens (including phenoxy) is 1. The first kappa shape index (κ1) is 24.6. The second kappa shape index (κ2) is 9.84. The number of nitrogens with zero attached hydrogens (tertiary/aromatic N) is 2. The Morgan fingerprint density at radius 1 is 1.09 bits per heavy atom. The highest BCUT2D eigenvalue weighted by atomic mass is 19.1. The van der Waals surface area contributed by atoms with Crippen molar-refractivity contribution in [3.8, 4) is 0 Å². The molecule has 1 aromatic rings. The number of hydrogen-bond donors (Lipinski definition) is 1. The Kier molecular flexibility index (Phi) is 7.34. The molecule has 1 unspecified atom stereocenters. The van der Waals surface area contributed by atoms with Gasteiger partial charge in [0.15, 0.2) is 0 Å². The summed E-state index contributed by atoms with van der Waals surface area (Å²) in [4.78, 5) is 51.9. The second-order valence-electron chi connectivity index (χ2n) is 8.89. The van der Waals surface area contributed by atoms with Crippen LogP contribution in [0.1, 0.15) is 48.5 Å². The topological polar surface area (TPSA) is 96.0 Å². The van der Waals surface area contributed by atoms with E-state index in [-0.39, 0.29) is 23.3 Å². The van der Waals surface area contributed by atoms with E-state index in [1.54, 1.807) is 4.90 Å². The quantitative estimate of drug-likeness (QED) is 0.669.